The maximum atomic E-state index is 12.4. The number of hydrogen-bond donors (Lipinski definition) is 1. The number of carbonyl (C=O) groups is 1. The molecular formula is C23H24ClN5O4S. The maximum absolute atomic E-state index is 12.4. The van der Waals surface area contributed by atoms with Crippen molar-refractivity contribution < 1.29 is 14.5 Å². The number of rotatable bonds is 10. The highest BCUT2D eigenvalue weighted by Crippen LogP contribution is 2.28. The van der Waals surface area contributed by atoms with Gasteiger partial charge >= 0.3 is 0 Å². The Bertz CT molecular complexity index is 1210. The van der Waals surface area contributed by atoms with Crippen molar-refractivity contribution in [2.75, 3.05) is 11.1 Å². The first kappa shape index (κ1) is 25.3. The summed E-state index contributed by atoms with van der Waals surface area (Å²) in [5.41, 5.74) is 2.21. The molecule has 1 aromatic heterocycles. The number of nitrogens with one attached hydrogen (secondary N) is 1. The third-order valence-electron chi connectivity index (χ3n) is 4.69. The van der Waals surface area contributed by atoms with Crippen LogP contribution in [0.2, 0.25) is 5.02 Å². The fourth-order valence-electron chi connectivity index (χ4n) is 3.32. The highest BCUT2D eigenvalue weighted by Gasteiger charge is 2.20. The van der Waals surface area contributed by atoms with Gasteiger partial charge in [0.05, 0.1) is 10.7 Å². The summed E-state index contributed by atoms with van der Waals surface area (Å²) in [6.07, 6.45) is 1.33. The zero-order valence-electron chi connectivity index (χ0n) is 18.9. The topological polar surface area (TPSA) is 112 Å². The lowest BCUT2D eigenvalue weighted by Gasteiger charge is -2.16. The third kappa shape index (κ3) is 6.36. The summed E-state index contributed by atoms with van der Waals surface area (Å²) in [5, 5.41) is 22.7. The average Bonchev–Trinajstić information content (AvgIpc) is 3.15. The van der Waals surface area contributed by atoms with E-state index in [4.69, 9.17) is 16.3 Å². The van der Waals surface area contributed by atoms with Crippen molar-refractivity contribution in [2.45, 2.75) is 38.6 Å². The van der Waals surface area contributed by atoms with Crippen LogP contribution in [0.4, 0.5) is 11.4 Å². The zero-order valence-corrected chi connectivity index (χ0v) is 20.5. The Labute approximate surface area is 206 Å². The lowest BCUT2D eigenvalue weighted by molar-refractivity contribution is -0.384. The second-order valence-corrected chi connectivity index (χ2v) is 8.93. The van der Waals surface area contributed by atoms with E-state index in [0.717, 1.165) is 16.9 Å². The molecular weight excluding hydrogens is 478 g/mol. The number of benzene rings is 2. The molecule has 9 nitrogen and oxygen atoms in total. The molecule has 0 bridgehead atoms. The van der Waals surface area contributed by atoms with Gasteiger partial charge in [-0.05, 0) is 56.2 Å². The van der Waals surface area contributed by atoms with Crippen molar-refractivity contribution in [3.8, 4) is 5.75 Å². The summed E-state index contributed by atoms with van der Waals surface area (Å²) >= 11 is 7.01. The predicted octanol–water partition coefficient (Wildman–Crippen LogP) is 5.51. The molecule has 1 N–H and O–H groups in total. The number of ether oxygens (including phenoxy) is 1. The number of nitro groups is 1. The molecule has 34 heavy (non-hydrogen) atoms. The minimum atomic E-state index is -0.604. The fraction of sp³-hybridized carbons (Fsp3) is 0.261. The molecule has 0 fully saturated rings. The van der Waals surface area contributed by atoms with Crippen molar-refractivity contribution in [3.05, 3.63) is 81.1 Å². The SMILES string of the molecule is C=CCn1c(SCC(=O)Nc2ccc(Cl)c([N+](=O)[O-])c2)nnc1C(C)Oc1cc(C)cc(C)c1. The molecule has 178 valence electrons. The van der Waals surface area contributed by atoms with E-state index in [2.05, 4.69) is 28.2 Å². The molecule has 0 aliphatic heterocycles. The van der Waals surface area contributed by atoms with Gasteiger partial charge in [-0.3, -0.25) is 19.5 Å². The van der Waals surface area contributed by atoms with Crippen LogP contribution in [0, 0.1) is 24.0 Å². The van der Waals surface area contributed by atoms with Crippen molar-refractivity contribution in [1.29, 1.82) is 0 Å². The zero-order chi connectivity index (χ0) is 24.8. The molecule has 1 unspecified atom stereocenters. The smallest absolute Gasteiger partial charge is 0.289 e. The summed E-state index contributed by atoms with van der Waals surface area (Å²) in [5.74, 6) is 1.02. The van der Waals surface area contributed by atoms with E-state index < -0.39 is 4.92 Å². The minimum Gasteiger partial charge on any atom is -0.483 e. The molecule has 1 heterocycles. The molecule has 0 saturated heterocycles. The number of aromatic nitrogens is 3. The van der Waals surface area contributed by atoms with Crippen LogP contribution in [0.15, 0.2) is 54.2 Å². The van der Waals surface area contributed by atoms with Crippen molar-refractivity contribution in [2.24, 2.45) is 0 Å². The van der Waals surface area contributed by atoms with Crippen molar-refractivity contribution >= 4 is 40.6 Å². The minimum absolute atomic E-state index is 0.000377. The van der Waals surface area contributed by atoms with Gasteiger partial charge in [0.1, 0.15) is 10.8 Å². The number of halogens is 1. The van der Waals surface area contributed by atoms with Crippen LogP contribution in [-0.4, -0.2) is 31.3 Å². The number of nitrogens with zero attached hydrogens (tertiary/aromatic N) is 4. The Morgan fingerprint density at radius 3 is 2.65 bits per heavy atom. The number of thioether (sulfide) groups is 1. The number of hydrogen-bond acceptors (Lipinski definition) is 7. The Kier molecular flexibility index (Phi) is 8.30. The van der Waals surface area contributed by atoms with Crippen LogP contribution in [0.3, 0.4) is 0 Å². The van der Waals surface area contributed by atoms with Gasteiger partial charge in [0, 0.05) is 18.3 Å². The molecule has 0 aliphatic carbocycles. The maximum Gasteiger partial charge on any atom is 0.289 e. The van der Waals surface area contributed by atoms with Crippen LogP contribution in [0.1, 0.15) is 30.0 Å². The van der Waals surface area contributed by atoms with E-state index in [0.29, 0.717) is 17.5 Å². The average molecular weight is 502 g/mol. The Morgan fingerprint density at radius 2 is 2.00 bits per heavy atom. The normalized spacial score (nSPS) is 11.6. The first-order chi connectivity index (χ1) is 16.2. The quantitative estimate of drug-likeness (QED) is 0.168. The number of amides is 1. The van der Waals surface area contributed by atoms with Crippen LogP contribution in [-0.2, 0) is 11.3 Å². The second-order valence-electron chi connectivity index (χ2n) is 7.58. The molecule has 0 radical (unpaired) electrons. The standard InChI is InChI=1S/C23H24ClN5O4S/c1-5-8-28-22(16(4)33-18-10-14(2)9-15(3)11-18)26-27-23(28)34-13-21(30)25-17-6-7-19(24)20(12-17)29(31)32/h5-7,9-12,16H,1,8,13H2,2-4H3,(H,25,30). The van der Waals surface area contributed by atoms with Gasteiger partial charge in [0.25, 0.3) is 5.69 Å². The van der Waals surface area contributed by atoms with E-state index in [1.54, 1.807) is 6.08 Å². The van der Waals surface area contributed by atoms with E-state index in [-0.39, 0.29) is 34.2 Å². The van der Waals surface area contributed by atoms with E-state index in [1.807, 2.05) is 37.5 Å². The Hall–Kier alpha value is -3.37. The fourth-order valence-corrected chi connectivity index (χ4v) is 4.26. The predicted molar refractivity (Wildman–Crippen MR) is 133 cm³/mol. The Balaban J connectivity index is 1.69. The summed E-state index contributed by atoms with van der Waals surface area (Å²) < 4.78 is 7.93. The monoisotopic (exact) mass is 501 g/mol. The molecule has 1 atom stereocenters. The number of anilines is 1. The highest BCUT2D eigenvalue weighted by molar-refractivity contribution is 7.99. The van der Waals surface area contributed by atoms with Gasteiger partial charge in [0.15, 0.2) is 17.1 Å². The molecule has 0 saturated carbocycles. The lowest BCUT2D eigenvalue weighted by Crippen LogP contribution is -2.15. The molecule has 3 aromatic rings. The first-order valence-corrected chi connectivity index (χ1v) is 11.7. The van der Waals surface area contributed by atoms with Crippen molar-refractivity contribution in [1.82, 2.24) is 14.8 Å². The van der Waals surface area contributed by atoms with Gasteiger partial charge in [-0.25, -0.2) is 0 Å². The molecule has 2 aromatic carbocycles. The van der Waals surface area contributed by atoms with Gasteiger partial charge in [-0.2, -0.15) is 0 Å². The largest absolute Gasteiger partial charge is 0.483 e. The first-order valence-electron chi connectivity index (χ1n) is 10.3. The van der Waals surface area contributed by atoms with Gasteiger partial charge in [0.2, 0.25) is 5.91 Å². The second kappa shape index (κ2) is 11.2. The summed E-state index contributed by atoms with van der Waals surface area (Å²) in [4.78, 5) is 22.9. The van der Waals surface area contributed by atoms with Crippen LogP contribution < -0.4 is 10.1 Å². The van der Waals surface area contributed by atoms with Crippen LogP contribution in [0.5, 0.6) is 5.75 Å². The lowest BCUT2D eigenvalue weighted by atomic mass is 10.1. The summed E-state index contributed by atoms with van der Waals surface area (Å²) in [7, 11) is 0. The number of carbonyl (C=O) groups excluding carboxylic acids is 1. The van der Waals surface area contributed by atoms with Crippen molar-refractivity contribution in [3.63, 3.8) is 0 Å². The van der Waals surface area contributed by atoms with Crippen LogP contribution in [0.25, 0.3) is 0 Å². The van der Waals surface area contributed by atoms with Gasteiger partial charge in [-0.1, -0.05) is 35.5 Å². The van der Waals surface area contributed by atoms with Gasteiger partial charge in [-0.15, -0.1) is 16.8 Å². The molecule has 1 amide bonds. The molecule has 0 spiro atoms. The highest BCUT2D eigenvalue weighted by atomic mass is 35.5. The van der Waals surface area contributed by atoms with E-state index in [1.165, 1.54) is 30.0 Å². The summed E-state index contributed by atoms with van der Waals surface area (Å²) in [6, 6.07) is 10.1. The summed E-state index contributed by atoms with van der Waals surface area (Å²) in [6.45, 7) is 10.1. The number of nitro benzene ring substituents is 1. The van der Waals surface area contributed by atoms with Gasteiger partial charge < -0.3 is 10.1 Å². The molecule has 3 rings (SSSR count). The number of aryl methyl sites for hydroxylation is 2. The molecule has 11 heteroatoms. The van der Waals surface area contributed by atoms with E-state index in [9.17, 15) is 14.9 Å². The molecule has 0 aliphatic rings. The third-order valence-corrected chi connectivity index (χ3v) is 5.97. The number of allylic oxidation sites excluding steroid dienone is 1. The van der Waals surface area contributed by atoms with E-state index >= 15 is 0 Å². The Morgan fingerprint density at radius 1 is 1.29 bits per heavy atom. The van der Waals surface area contributed by atoms with Crippen LogP contribution >= 0.6 is 23.4 Å².